The van der Waals surface area contributed by atoms with E-state index in [-0.39, 0.29) is 11.4 Å². The first-order valence-electron chi connectivity index (χ1n) is 7.09. The number of H-pyrrole nitrogens is 1. The highest BCUT2D eigenvalue weighted by Gasteiger charge is 2.17. The molecule has 0 spiro atoms. The first kappa shape index (κ1) is 14.7. The van der Waals surface area contributed by atoms with E-state index < -0.39 is 5.82 Å². The smallest absolute Gasteiger partial charge is 0.205 e. The molecular formula is C19H13FN2O. The number of rotatable bonds is 3. The number of aromatic nitrogens is 1. The standard InChI is InChI=1S/C19H13FN2O/c1-12-4-2-7-17-18(12)16(11-22-17)19(23)14(10-21)8-13-5-3-6-15(20)9-13/h2-9,11,22H,1H3/b14-8-. The van der Waals surface area contributed by atoms with Gasteiger partial charge in [-0.05, 0) is 42.3 Å². The summed E-state index contributed by atoms with van der Waals surface area (Å²) >= 11 is 0. The Bertz CT molecular complexity index is 976. The van der Waals surface area contributed by atoms with Crippen LogP contribution in [0.5, 0.6) is 0 Å². The van der Waals surface area contributed by atoms with Crippen molar-refractivity contribution in [1.29, 1.82) is 5.26 Å². The number of carbonyl (C=O) groups excluding carboxylic acids is 1. The van der Waals surface area contributed by atoms with Gasteiger partial charge in [0.05, 0.1) is 0 Å². The molecule has 3 nitrogen and oxygen atoms in total. The van der Waals surface area contributed by atoms with Gasteiger partial charge in [0.15, 0.2) is 0 Å². The number of Topliss-reactive ketones (excluding diaryl/α,β-unsaturated/α-hetero) is 1. The van der Waals surface area contributed by atoms with Crippen molar-refractivity contribution in [2.75, 3.05) is 0 Å². The van der Waals surface area contributed by atoms with Gasteiger partial charge in [-0.2, -0.15) is 5.26 Å². The van der Waals surface area contributed by atoms with Gasteiger partial charge in [0.25, 0.3) is 0 Å². The van der Waals surface area contributed by atoms with E-state index in [9.17, 15) is 14.4 Å². The normalized spacial score (nSPS) is 11.4. The maximum absolute atomic E-state index is 13.3. The lowest BCUT2D eigenvalue weighted by Crippen LogP contribution is -2.01. The van der Waals surface area contributed by atoms with E-state index in [4.69, 9.17) is 0 Å². The molecule has 23 heavy (non-hydrogen) atoms. The summed E-state index contributed by atoms with van der Waals surface area (Å²) in [5.74, 6) is -0.788. The molecule has 0 aliphatic rings. The SMILES string of the molecule is Cc1cccc2[nH]cc(C(=O)/C(C#N)=C\c3cccc(F)c3)c12. The summed E-state index contributed by atoms with van der Waals surface area (Å²) in [5.41, 5.74) is 2.69. The minimum atomic E-state index is -0.411. The number of nitriles is 1. The Morgan fingerprint density at radius 1 is 1.26 bits per heavy atom. The Morgan fingerprint density at radius 3 is 2.78 bits per heavy atom. The third-order valence-corrected chi connectivity index (χ3v) is 3.68. The minimum Gasteiger partial charge on any atom is -0.360 e. The number of aromatic amines is 1. The fourth-order valence-corrected chi connectivity index (χ4v) is 2.60. The number of carbonyl (C=O) groups is 1. The minimum absolute atomic E-state index is 0.0280. The summed E-state index contributed by atoms with van der Waals surface area (Å²) in [4.78, 5) is 15.7. The lowest BCUT2D eigenvalue weighted by Gasteiger charge is -2.01. The van der Waals surface area contributed by atoms with E-state index in [0.717, 1.165) is 16.5 Å². The number of nitrogens with one attached hydrogen (secondary N) is 1. The second-order valence-electron chi connectivity index (χ2n) is 5.25. The average Bonchev–Trinajstić information content (AvgIpc) is 2.97. The first-order valence-corrected chi connectivity index (χ1v) is 7.09. The molecule has 0 aliphatic carbocycles. The maximum Gasteiger partial charge on any atom is 0.205 e. The van der Waals surface area contributed by atoms with Crippen LogP contribution in [0.4, 0.5) is 4.39 Å². The molecule has 0 amide bonds. The Balaban J connectivity index is 2.08. The van der Waals surface area contributed by atoms with Gasteiger partial charge in [-0.15, -0.1) is 0 Å². The third-order valence-electron chi connectivity index (χ3n) is 3.68. The zero-order chi connectivity index (χ0) is 16.4. The van der Waals surface area contributed by atoms with Crippen LogP contribution in [0.25, 0.3) is 17.0 Å². The van der Waals surface area contributed by atoms with Crippen LogP contribution in [-0.4, -0.2) is 10.8 Å². The molecule has 0 atom stereocenters. The number of aryl methyl sites for hydroxylation is 1. The van der Waals surface area contributed by atoms with E-state index in [2.05, 4.69) is 4.98 Å². The Morgan fingerprint density at radius 2 is 2.04 bits per heavy atom. The fourth-order valence-electron chi connectivity index (χ4n) is 2.60. The molecule has 2 aromatic carbocycles. The topological polar surface area (TPSA) is 56.6 Å². The Kier molecular flexibility index (Phi) is 3.78. The Labute approximate surface area is 132 Å². The quantitative estimate of drug-likeness (QED) is 0.443. The van der Waals surface area contributed by atoms with Gasteiger partial charge in [0.2, 0.25) is 5.78 Å². The molecule has 112 valence electrons. The first-order chi connectivity index (χ1) is 11.1. The number of ketones is 1. The van der Waals surface area contributed by atoms with Crippen molar-refractivity contribution >= 4 is 22.8 Å². The van der Waals surface area contributed by atoms with Crippen LogP contribution >= 0.6 is 0 Å². The lowest BCUT2D eigenvalue weighted by atomic mass is 9.99. The molecule has 0 unspecified atom stereocenters. The van der Waals surface area contributed by atoms with Crippen molar-refractivity contribution in [2.45, 2.75) is 6.92 Å². The summed E-state index contributed by atoms with van der Waals surface area (Å²) in [7, 11) is 0. The molecule has 0 bridgehead atoms. The van der Waals surface area contributed by atoms with E-state index in [1.807, 2.05) is 31.2 Å². The Hall–Kier alpha value is -3.19. The van der Waals surface area contributed by atoms with Crippen LogP contribution in [0.15, 0.2) is 54.2 Å². The predicted molar refractivity (Wildman–Crippen MR) is 87.4 cm³/mol. The van der Waals surface area contributed by atoms with Gasteiger partial charge in [0.1, 0.15) is 17.5 Å². The van der Waals surface area contributed by atoms with Gasteiger partial charge in [-0.25, -0.2) is 4.39 Å². The molecule has 1 N–H and O–H groups in total. The summed E-state index contributed by atoms with van der Waals surface area (Å²) in [6.07, 6.45) is 3.01. The molecule has 1 aromatic heterocycles. The van der Waals surface area contributed by atoms with Crippen LogP contribution in [0.1, 0.15) is 21.5 Å². The van der Waals surface area contributed by atoms with Crippen LogP contribution < -0.4 is 0 Å². The van der Waals surface area contributed by atoms with E-state index in [0.29, 0.717) is 11.1 Å². The van der Waals surface area contributed by atoms with Gasteiger partial charge in [-0.3, -0.25) is 4.79 Å². The summed E-state index contributed by atoms with van der Waals surface area (Å²) in [6.45, 7) is 1.91. The van der Waals surface area contributed by atoms with Crippen LogP contribution in [0.3, 0.4) is 0 Å². The summed E-state index contributed by atoms with van der Waals surface area (Å²) < 4.78 is 13.3. The molecule has 0 fully saturated rings. The number of nitrogens with zero attached hydrogens (tertiary/aromatic N) is 1. The lowest BCUT2D eigenvalue weighted by molar-refractivity contribution is 0.104. The zero-order valence-corrected chi connectivity index (χ0v) is 12.4. The van der Waals surface area contributed by atoms with Gasteiger partial charge < -0.3 is 4.98 Å². The van der Waals surface area contributed by atoms with E-state index in [1.54, 1.807) is 12.3 Å². The van der Waals surface area contributed by atoms with E-state index >= 15 is 0 Å². The van der Waals surface area contributed by atoms with Crippen LogP contribution in [-0.2, 0) is 0 Å². The number of hydrogen-bond donors (Lipinski definition) is 1. The number of benzene rings is 2. The van der Waals surface area contributed by atoms with Crippen molar-refractivity contribution < 1.29 is 9.18 Å². The monoisotopic (exact) mass is 304 g/mol. The molecule has 0 saturated heterocycles. The zero-order valence-electron chi connectivity index (χ0n) is 12.4. The predicted octanol–water partition coefficient (Wildman–Crippen LogP) is 4.41. The number of hydrogen-bond acceptors (Lipinski definition) is 2. The number of fused-ring (bicyclic) bond motifs is 1. The molecule has 3 rings (SSSR count). The number of halogens is 1. The second-order valence-corrected chi connectivity index (χ2v) is 5.25. The highest BCUT2D eigenvalue weighted by Crippen LogP contribution is 2.25. The average molecular weight is 304 g/mol. The van der Waals surface area contributed by atoms with Gasteiger partial charge in [-0.1, -0.05) is 24.3 Å². The molecule has 3 aromatic rings. The summed E-state index contributed by atoms with van der Waals surface area (Å²) in [6, 6.07) is 13.4. The molecule has 4 heteroatoms. The highest BCUT2D eigenvalue weighted by molar-refractivity contribution is 6.20. The molecule has 0 saturated carbocycles. The van der Waals surface area contributed by atoms with Crippen molar-refractivity contribution in [2.24, 2.45) is 0 Å². The van der Waals surface area contributed by atoms with Gasteiger partial charge in [0, 0.05) is 22.7 Å². The van der Waals surface area contributed by atoms with Crippen LogP contribution in [0, 0.1) is 24.1 Å². The summed E-state index contributed by atoms with van der Waals surface area (Å²) in [5, 5.41) is 10.1. The highest BCUT2D eigenvalue weighted by atomic mass is 19.1. The molecule has 1 heterocycles. The molecular weight excluding hydrogens is 291 g/mol. The van der Waals surface area contributed by atoms with Crippen LogP contribution in [0.2, 0.25) is 0 Å². The fraction of sp³-hybridized carbons (Fsp3) is 0.0526. The van der Waals surface area contributed by atoms with Crippen molar-refractivity contribution in [3.8, 4) is 6.07 Å². The third kappa shape index (κ3) is 2.77. The maximum atomic E-state index is 13.3. The van der Waals surface area contributed by atoms with Gasteiger partial charge >= 0.3 is 0 Å². The molecule has 0 radical (unpaired) electrons. The van der Waals surface area contributed by atoms with Crippen molar-refractivity contribution in [3.05, 3.63) is 76.7 Å². The van der Waals surface area contributed by atoms with E-state index in [1.165, 1.54) is 24.3 Å². The molecule has 0 aliphatic heterocycles. The number of allylic oxidation sites excluding steroid dienone is 1. The van der Waals surface area contributed by atoms with Crippen molar-refractivity contribution in [3.63, 3.8) is 0 Å². The second kappa shape index (κ2) is 5.90. The largest absolute Gasteiger partial charge is 0.360 e. The van der Waals surface area contributed by atoms with Crippen molar-refractivity contribution in [1.82, 2.24) is 4.98 Å².